The monoisotopic (exact) mass is 267 g/mol. The molecule has 0 aromatic rings. The van der Waals surface area contributed by atoms with Gasteiger partial charge in [-0.25, -0.2) is 0 Å². The van der Waals surface area contributed by atoms with E-state index >= 15 is 0 Å². The van der Waals surface area contributed by atoms with Crippen molar-refractivity contribution < 1.29 is 4.79 Å². The molecule has 1 aliphatic carbocycles. The van der Waals surface area contributed by atoms with Crippen LogP contribution in [0.2, 0.25) is 0 Å². The molecule has 1 saturated carbocycles. The third-order valence-electron chi connectivity index (χ3n) is 4.58. The molecule has 0 aromatic carbocycles. The summed E-state index contributed by atoms with van der Waals surface area (Å²) in [7, 11) is 0. The van der Waals surface area contributed by atoms with Crippen LogP contribution in [0.15, 0.2) is 0 Å². The molecule has 19 heavy (non-hydrogen) atoms. The highest BCUT2D eigenvalue weighted by molar-refractivity contribution is 5.78. The second kappa shape index (κ2) is 7.25. The molecule has 0 spiro atoms. The average molecular weight is 267 g/mol. The molecule has 0 bridgehead atoms. The smallest absolute Gasteiger partial charge is 0.234 e. The third-order valence-corrected chi connectivity index (χ3v) is 4.58. The second-order valence-corrected chi connectivity index (χ2v) is 6.45. The standard InChI is InChI=1S/C15H29N3O/c1-12-4-5-14(13(2)10-12)17-15(19)11-18-8-3-6-16-7-9-18/h12-14,16H,3-11H2,1-2H3,(H,17,19). The van der Waals surface area contributed by atoms with Gasteiger partial charge in [-0.05, 0) is 50.6 Å². The Kier molecular flexibility index (Phi) is 5.64. The first-order chi connectivity index (χ1) is 9.15. The van der Waals surface area contributed by atoms with Crippen molar-refractivity contribution in [2.75, 3.05) is 32.7 Å². The minimum atomic E-state index is 0.216. The van der Waals surface area contributed by atoms with E-state index in [-0.39, 0.29) is 5.91 Å². The molecule has 0 radical (unpaired) electrons. The Hall–Kier alpha value is -0.610. The van der Waals surface area contributed by atoms with Crippen molar-refractivity contribution in [3.05, 3.63) is 0 Å². The fraction of sp³-hybridized carbons (Fsp3) is 0.933. The van der Waals surface area contributed by atoms with Crippen LogP contribution in [0.3, 0.4) is 0 Å². The van der Waals surface area contributed by atoms with E-state index in [1.807, 2.05) is 0 Å². The van der Waals surface area contributed by atoms with E-state index in [0.717, 1.165) is 44.9 Å². The molecular formula is C15H29N3O. The number of carbonyl (C=O) groups excluding carboxylic acids is 1. The third kappa shape index (κ3) is 4.77. The van der Waals surface area contributed by atoms with Crippen LogP contribution < -0.4 is 10.6 Å². The molecule has 1 heterocycles. The lowest BCUT2D eigenvalue weighted by atomic mass is 9.80. The molecule has 1 aliphatic heterocycles. The van der Waals surface area contributed by atoms with Crippen LogP contribution in [0.25, 0.3) is 0 Å². The number of amides is 1. The highest BCUT2D eigenvalue weighted by atomic mass is 16.2. The predicted molar refractivity (Wildman–Crippen MR) is 78.0 cm³/mol. The van der Waals surface area contributed by atoms with E-state index in [9.17, 15) is 4.79 Å². The van der Waals surface area contributed by atoms with Gasteiger partial charge in [0.15, 0.2) is 0 Å². The Morgan fingerprint density at radius 2 is 2.11 bits per heavy atom. The summed E-state index contributed by atoms with van der Waals surface area (Å²) in [5.74, 6) is 1.66. The van der Waals surface area contributed by atoms with Crippen LogP contribution >= 0.6 is 0 Å². The summed E-state index contributed by atoms with van der Waals surface area (Å²) in [4.78, 5) is 14.4. The highest BCUT2D eigenvalue weighted by Gasteiger charge is 2.26. The zero-order valence-electron chi connectivity index (χ0n) is 12.5. The maximum absolute atomic E-state index is 12.1. The lowest BCUT2D eigenvalue weighted by Gasteiger charge is -2.33. The van der Waals surface area contributed by atoms with Crippen molar-refractivity contribution >= 4 is 5.91 Å². The minimum absolute atomic E-state index is 0.216. The normalized spacial score (nSPS) is 33.7. The van der Waals surface area contributed by atoms with Crippen LogP contribution in [-0.4, -0.2) is 49.6 Å². The van der Waals surface area contributed by atoms with Crippen LogP contribution in [0, 0.1) is 11.8 Å². The van der Waals surface area contributed by atoms with Gasteiger partial charge in [-0.15, -0.1) is 0 Å². The van der Waals surface area contributed by atoms with E-state index < -0.39 is 0 Å². The number of nitrogens with zero attached hydrogens (tertiary/aromatic N) is 1. The van der Waals surface area contributed by atoms with Gasteiger partial charge in [0, 0.05) is 19.1 Å². The highest BCUT2D eigenvalue weighted by Crippen LogP contribution is 2.28. The van der Waals surface area contributed by atoms with Gasteiger partial charge < -0.3 is 10.6 Å². The molecule has 2 fully saturated rings. The summed E-state index contributed by atoms with van der Waals surface area (Å²) >= 11 is 0. The zero-order chi connectivity index (χ0) is 13.7. The molecule has 1 amide bonds. The Bertz CT molecular complexity index is 287. The van der Waals surface area contributed by atoms with Crippen molar-refractivity contribution in [2.24, 2.45) is 11.8 Å². The second-order valence-electron chi connectivity index (χ2n) is 6.45. The molecule has 0 aromatic heterocycles. The van der Waals surface area contributed by atoms with Gasteiger partial charge in [-0.2, -0.15) is 0 Å². The number of nitrogens with one attached hydrogen (secondary N) is 2. The van der Waals surface area contributed by atoms with Gasteiger partial charge in [-0.3, -0.25) is 9.69 Å². The summed E-state index contributed by atoms with van der Waals surface area (Å²) in [5, 5.41) is 6.63. The number of rotatable bonds is 3. The molecule has 2 rings (SSSR count). The lowest BCUT2D eigenvalue weighted by molar-refractivity contribution is -0.123. The molecule has 2 N–H and O–H groups in total. The van der Waals surface area contributed by atoms with Crippen molar-refractivity contribution in [1.82, 2.24) is 15.5 Å². The zero-order valence-corrected chi connectivity index (χ0v) is 12.5. The SMILES string of the molecule is CC1CCC(NC(=O)CN2CCCNCC2)C(C)C1. The van der Waals surface area contributed by atoms with E-state index in [1.54, 1.807) is 0 Å². The van der Waals surface area contributed by atoms with Crippen LogP contribution in [0.1, 0.15) is 39.5 Å². The van der Waals surface area contributed by atoms with Gasteiger partial charge in [0.05, 0.1) is 6.54 Å². The maximum Gasteiger partial charge on any atom is 0.234 e. The van der Waals surface area contributed by atoms with Crippen molar-refractivity contribution in [3.63, 3.8) is 0 Å². The average Bonchev–Trinajstić information content (AvgIpc) is 2.61. The first-order valence-electron chi connectivity index (χ1n) is 7.87. The molecular weight excluding hydrogens is 238 g/mol. The fourth-order valence-electron chi connectivity index (χ4n) is 3.40. The topological polar surface area (TPSA) is 44.4 Å². The number of carbonyl (C=O) groups is 1. The van der Waals surface area contributed by atoms with Crippen LogP contribution in [0.5, 0.6) is 0 Å². The molecule has 2 aliphatic rings. The van der Waals surface area contributed by atoms with Crippen LogP contribution in [-0.2, 0) is 4.79 Å². The van der Waals surface area contributed by atoms with E-state index in [0.29, 0.717) is 18.5 Å². The van der Waals surface area contributed by atoms with E-state index in [2.05, 4.69) is 29.4 Å². The Labute approximate surface area is 117 Å². The lowest BCUT2D eigenvalue weighted by Crippen LogP contribution is -2.47. The van der Waals surface area contributed by atoms with Crippen LogP contribution in [0.4, 0.5) is 0 Å². The summed E-state index contributed by atoms with van der Waals surface area (Å²) in [6.45, 7) is 9.28. The Balaban J connectivity index is 1.74. The largest absolute Gasteiger partial charge is 0.352 e. The summed E-state index contributed by atoms with van der Waals surface area (Å²) in [6.07, 6.45) is 4.79. The van der Waals surface area contributed by atoms with Crippen molar-refractivity contribution in [2.45, 2.75) is 45.6 Å². The quantitative estimate of drug-likeness (QED) is 0.808. The molecule has 1 saturated heterocycles. The Morgan fingerprint density at radius 3 is 2.89 bits per heavy atom. The number of hydrogen-bond acceptors (Lipinski definition) is 3. The van der Waals surface area contributed by atoms with E-state index in [1.165, 1.54) is 12.8 Å². The molecule has 110 valence electrons. The first kappa shape index (κ1) is 14.8. The van der Waals surface area contributed by atoms with Gasteiger partial charge in [0.2, 0.25) is 5.91 Å². The maximum atomic E-state index is 12.1. The van der Waals surface area contributed by atoms with Crippen molar-refractivity contribution in [3.8, 4) is 0 Å². The Morgan fingerprint density at radius 1 is 1.26 bits per heavy atom. The minimum Gasteiger partial charge on any atom is -0.352 e. The summed E-state index contributed by atoms with van der Waals surface area (Å²) in [6, 6.07) is 0.397. The van der Waals surface area contributed by atoms with Gasteiger partial charge in [0.1, 0.15) is 0 Å². The molecule has 4 heteroatoms. The number of hydrogen-bond donors (Lipinski definition) is 2. The van der Waals surface area contributed by atoms with E-state index in [4.69, 9.17) is 0 Å². The summed E-state index contributed by atoms with van der Waals surface area (Å²) in [5.41, 5.74) is 0. The first-order valence-corrected chi connectivity index (χ1v) is 7.87. The van der Waals surface area contributed by atoms with Gasteiger partial charge >= 0.3 is 0 Å². The van der Waals surface area contributed by atoms with Gasteiger partial charge in [-0.1, -0.05) is 13.8 Å². The van der Waals surface area contributed by atoms with Crippen molar-refractivity contribution in [1.29, 1.82) is 0 Å². The molecule has 3 unspecified atom stereocenters. The molecule has 3 atom stereocenters. The molecule has 4 nitrogen and oxygen atoms in total. The summed E-state index contributed by atoms with van der Waals surface area (Å²) < 4.78 is 0. The predicted octanol–water partition coefficient (Wildman–Crippen LogP) is 1.22. The van der Waals surface area contributed by atoms with Gasteiger partial charge in [0.25, 0.3) is 0 Å². The fourth-order valence-corrected chi connectivity index (χ4v) is 3.40.